The van der Waals surface area contributed by atoms with Gasteiger partial charge in [-0.3, -0.25) is 9.69 Å². The Morgan fingerprint density at radius 1 is 0.943 bits per heavy atom. The molecule has 7 nitrogen and oxygen atoms in total. The molecule has 1 saturated heterocycles. The van der Waals surface area contributed by atoms with Crippen molar-refractivity contribution in [1.29, 1.82) is 5.26 Å². The van der Waals surface area contributed by atoms with E-state index in [9.17, 15) is 10.1 Å². The first-order valence-electron chi connectivity index (χ1n) is 12.6. The molecule has 3 aromatic rings. The number of piperazine rings is 1. The maximum atomic E-state index is 13.1. The van der Waals surface area contributed by atoms with Gasteiger partial charge < -0.3 is 9.64 Å². The van der Waals surface area contributed by atoms with Crippen LogP contribution in [0.5, 0.6) is 0 Å². The van der Waals surface area contributed by atoms with Crippen molar-refractivity contribution in [3.8, 4) is 6.07 Å². The molecule has 35 heavy (non-hydrogen) atoms. The van der Waals surface area contributed by atoms with Crippen LogP contribution in [-0.4, -0.2) is 53.1 Å². The van der Waals surface area contributed by atoms with E-state index in [-0.39, 0.29) is 6.10 Å². The summed E-state index contributed by atoms with van der Waals surface area (Å²) in [5.41, 5.74) is 3.14. The van der Waals surface area contributed by atoms with Gasteiger partial charge in [0.05, 0.1) is 17.1 Å². The zero-order chi connectivity index (χ0) is 24.0. The number of hydrogen-bond acceptors (Lipinski definition) is 7. The first kappa shape index (κ1) is 23.3. The van der Waals surface area contributed by atoms with Gasteiger partial charge in [0.25, 0.3) is 0 Å². The molecule has 0 amide bonds. The molecule has 2 fully saturated rings. The number of nitriles is 1. The molecule has 2 aromatic carbocycles. The Bertz CT molecular complexity index is 1190. The van der Waals surface area contributed by atoms with Gasteiger partial charge in [-0.05, 0) is 43.4 Å². The number of benzene rings is 2. The van der Waals surface area contributed by atoms with Gasteiger partial charge in [0.1, 0.15) is 11.8 Å². The monoisotopic (exact) mass is 469 g/mol. The fourth-order valence-corrected chi connectivity index (χ4v) is 5.03. The maximum Gasteiger partial charge on any atom is 0.329 e. The number of esters is 1. The van der Waals surface area contributed by atoms with Crippen molar-refractivity contribution in [1.82, 2.24) is 14.9 Å². The third kappa shape index (κ3) is 5.44. The average Bonchev–Trinajstić information content (AvgIpc) is 2.90. The topological polar surface area (TPSA) is 82.3 Å². The summed E-state index contributed by atoms with van der Waals surface area (Å²) in [7, 11) is 0. The molecule has 1 aromatic heterocycles. The van der Waals surface area contributed by atoms with Crippen molar-refractivity contribution in [2.45, 2.75) is 50.7 Å². The molecule has 0 N–H and O–H groups in total. The third-order valence-corrected chi connectivity index (χ3v) is 6.97. The number of carbonyl (C=O) groups is 1. The van der Waals surface area contributed by atoms with E-state index in [1.807, 2.05) is 30.3 Å². The molecule has 0 radical (unpaired) electrons. The lowest BCUT2D eigenvalue weighted by Gasteiger charge is -2.36. The van der Waals surface area contributed by atoms with Crippen LogP contribution in [0.3, 0.4) is 0 Å². The van der Waals surface area contributed by atoms with E-state index in [0.29, 0.717) is 17.0 Å². The first-order chi connectivity index (χ1) is 17.2. The molecule has 180 valence electrons. The van der Waals surface area contributed by atoms with Crippen LogP contribution in [-0.2, 0) is 16.1 Å². The molecule has 1 aliphatic heterocycles. The second kappa shape index (κ2) is 10.8. The largest absolute Gasteiger partial charge is 0.461 e. The molecule has 0 bridgehead atoms. The van der Waals surface area contributed by atoms with Crippen molar-refractivity contribution in [2.75, 3.05) is 31.1 Å². The Morgan fingerprint density at radius 3 is 2.29 bits per heavy atom. The van der Waals surface area contributed by atoms with Crippen LogP contribution in [0, 0.1) is 11.3 Å². The Balaban J connectivity index is 1.38. The zero-order valence-electron chi connectivity index (χ0n) is 20.0. The molecule has 2 aliphatic rings. The summed E-state index contributed by atoms with van der Waals surface area (Å²) in [6.07, 6.45) is 4.91. The van der Waals surface area contributed by atoms with Crippen molar-refractivity contribution < 1.29 is 9.53 Å². The lowest BCUT2D eigenvalue weighted by Crippen LogP contribution is -2.46. The Kier molecular flexibility index (Phi) is 7.20. The molecule has 2 heterocycles. The molecular weight excluding hydrogens is 438 g/mol. The number of rotatable bonds is 6. The highest BCUT2D eigenvalue weighted by Crippen LogP contribution is 2.30. The minimum absolute atomic E-state index is 0.106. The average molecular weight is 470 g/mol. The molecule has 1 atom stereocenters. The van der Waals surface area contributed by atoms with Crippen LogP contribution < -0.4 is 4.90 Å². The Hall–Kier alpha value is -3.50. The molecule has 0 spiro atoms. The number of nitrogens with zero attached hydrogens (tertiary/aromatic N) is 5. The van der Waals surface area contributed by atoms with E-state index < -0.39 is 11.9 Å². The zero-order valence-corrected chi connectivity index (χ0v) is 20.0. The normalized spacial score (nSPS) is 18.2. The van der Waals surface area contributed by atoms with E-state index >= 15 is 0 Å². The second-order valence-corrected chi connectivity index (χ2v) is 9.43. The van der Waals surface area contributed by atoms with Gasteiger partial charge in [0, 0.05) is 32.7 Å². The number of hydrogen-bond donors (Lipinski definition) is 0. The standard InChI is InChI=1S/C28H31N5O2/c29-19-23(28(34)35-22-11-5-2-6-12-22)26-27(31-25-14-8-7-13-24(25)30-26)33-17-15-32(16-18-33)20-21-9-3-1-4-10-21/h1,3-4,7-10,13-14,22-23H,2,5-6,11-12,15-18,20H2/t23-/m0/s1. The summed E-state index contributed by atoms with van der Waals surface area (Å²) in [4.78, 5) is 27.4. The lowest BCUT2D eigenvalue weighted by molar-refractivity contribution is -0.150. The highest BCUT2D eigenvalue weighted by atomic mass is 16.5. The molecule has 1 saturated carbocycles. The Labute approximate surface area is 206 Å². The van der Waals surface area contributed by atoms with Crippen LogP contribution in [0.15, 0.2) is 54.6 Å². The number of ether oxygens (including phenoxy) is 1. The van der Waals surface area contributed by atoms with E-state index in [0.717, 1.165) is 63.9 Å². The summed E-state index contributed by atoms with van der Waals surface area (Å²) >= 11 is 0. The van der Waals surface area contributed by atoms with Crippen LogP contribution in [0.2, 0.25) is 0 Å². The van der Waals surface area contributed by atoms with E-state index in [4.69, 9.17) is 14.7 Å². The summed E-state index contributed by atoms with van der Waals surface area (Å²) in [6, 6.07) is 20.3. The second-order valence-electron chi connectivity index (χ2n) is 9.43. The van der Waals surface area contributed by atoms with Gasteiger partial charge in [-0.2, -0.15) is 5.26 Å². The number of anilines is 1. The highest BCUT2D eigenvalue weighted by Gasteiger charge is 2.33. The number of para-hydroxylation sites is 2. The number of fused-ring (bicyclic) bond motifs is 1. The van der Waals surface area contributed by atoms with Crippen LogP contribution >= 0.6 is 0 Å². The van der Waals surface area contributed by atoms with Crippen LogP contribution in [0.25, 0.3) is 11.0 Å². The summed E-state index contributed by atoms with van der Waals surface area (Å²) in [6.45, 7) is 4.14. The minimum Gasteiger partial charge on any atom is -0.461 e. The SMILES string of the molecule is N#C[C@H](C(=O)OC1CCCCC1)c1nc2ccccc2nc1N1CCN(Cc2ccccc2)CC1. The molecule has 7 heteroatoms. The van der Waals surface area contributed by atoms with Crippen LogP contribution in [0.4, 0.5) is 5.82 Å². The van der Waals surface area contributed by atoms with E-state index in [1.54, 1.807) is 0 Å². The Morgan fingerprint density at radius 2 is 1.60 bits per heavy atom. The predicted octanol–water partition coefficient (Wildman–Crippen LogP) is 4.44. The van der Waals surface area contributed by atoms with Crippen LogP contribution in [0.1, 0.15) is 49.3 Å². The van der Waals surface area contributed by atoms with Gasteiger partial charge >= 0.3 is 5.97 Å². The minimum atomic E-state index is -1.09. The molecular formula is C28H31N5O2. The summed E-state index contributed by atoms with van der Waals surface area (Å²) in [5, 5.41) is 10.0. The van der Waals surface area contributed by atoms with Gasteiger partial charge in [-0.25, -0.2) is 9.97 Å². The van der Waals surface area contributed by atoms with Crippen molar-refractivity contribution in [2.24, 2.45) is 0 Å². The molecule has 5 rings (SSSR count). The fraction of sp³-hybridized carbons (Fsp3) is 0.429. The molecule has 0 unspecified atom stereocenters. The van der Waals surface area contributed by atoms with Gasteiger partial charge in [-0.1, -0.05) is 48.9 Å². The first-order valence-corrected chi connectivity index (χ1v) is 12.6. The van der Waals surface area contributed by atoms with Gasteiger partial charge in [0.15, 0.2) is 11.7 Å². The van der Waals surface area contributed by atoms with E-state index in [1.165, 1.54) is 12.0 Å². The smallest absolute Gasteiger partial charge is 0.329 e. The molecule has 1 aliphatic carbocycles. The van der Waals surface area contributed by atoms with Gasteiger partial charge in [-0.15, -0.1) is 0 Å². The predicted molar refractivity (Wildman–Crippen MR) is 135 cm³/mol. The van der Waals surface area contributed by atoms with Crippen molar-refractivity contribution in [3.05, 3.63) is 65.9 Å². The van der Waals surface area contributed by atoms with Crippen molar-refractivity contribution in [3.63, 3.8) is 0 Å². The maximum absolute atomic E-state index is 13.1. The third-order valence-electron chi connectivity index (χ3n) is 6.97. The van der Waals surface area contributed by atoms with Gasteiger partial charge in [0.2, 0.25) is 0 Å². The summed E-state index contributed by atoms with van der Waals surface area (Å²) in [5.74, 6) is -0.977. The lowest BCUT2D eigenvalue weighted by atomic mass is 9.97. The highest BCUT2D eigenvalue weighted by molar-refractivity contribution is 5.85. The number of aromatic nitrogens is 2. The summed E-state index contributed by atoms with van der Waals surface area (Å²) < 4.78 is 5.78. The number of carbonyl (C=O) groups excluding carboxylic acids is 1. The quantitative estimate of drug-likeness (QED) is 0.494. The van der Waals surface area contributed by atoms with E-state index in [2.05, 4.69) is 40.1 Å². The fourth-order valence-electron chi connectivity index (χ4n) is 5.03. The van der Waals surface area contributed by atoms with Crippen molar-refractivity contribution >= 4 is 22.8 Å².